The zero-order valence-corrected chi connectivity index (χ0v) is 11.9. The molecule has 1 heterocycles. The van der Waals surface area contributed by atoms with E-state index in [4.69, 9.17) is 9.84 Å². The lowest BCUT2D eigenvalue weighted by Gasteiger charge is -2.11. The number of hydrogen-bond acceptors (Lipinski definition) is 3. The molecular formula is C16H22N2O2. The Morgan fingerprint density at radius 2 is 1.90 bits per heavy atom. The van der Waals surface area contributed by atoms with Gasteiger partial charge in [0.15, 0.2) is 0 Å². The SMILES string of the molecule is COCCNCc1cccn1Cc1ccc(CO)cc1. The van der Waals surface area contributed by atoms with Crippen molar-refractivity contribution in [2.45, 2.75) is 19.7 Å². The minimum absolute atomic E-state index is 0.0957. The van der Waals surface area contributed by atoms with E-state index < -0.39 is 0 Å². The monoisotopic (exact) mass is 274 g/mol. The molecule has 0 bridgehead atoms. The summed E-state index contributed by atoms with van der Waals surface area (Å²) < 4.78 is 7.25. The van der Waals surface area contributed by atoms with Gasteiger partial charge >= 0.3 is 0 Å². The molecule has 0 saturated carbocycles. The van der Waals surface area contributed by atoms with Crippen LogP contribution >= 0.6 is 0 Å². The predicted molar refractivity (Wildman–Crippen MR) is 79.5 cm³/mol. The number of nitrogens with zero attached hydrogens (tertiary/aromatic N) is 1. The molecule has 20 heavy (non-hydrogen) atoms. The third-order valence-electron chi connectivity index (χ3n) is 3.27. The number of aliphatic hydroxyl groups is 1. The van der Waals surface area contributed by atoms with Gasteiger partial charge in [-0.25, -0.2) is 0 Å². The summed E-state index contributed by atoms with van der Waals surface area (Å²) in [5, 5.41) is 12.4. The van der Waals surface area contributed by atoms with Gasteiger partial charge in [0.2, 0.25) is 0 Å². The highest BCUT2D eigenvalue weighted by atomic mass is 16.5. The summed E-state index contributed by atoms with van der Waals surface area (Å²) in [5.41, 5.74) is 3.44. The first-order chi connectivity index (χ1) is 9.83. The lowest BCUT2D eigenvalue weighted by atomic mass is 10.1. The van der Waals surface area contributed by atoms with E-state index in [1.807, 2.05) is 12.1 Å². The van der Waals surface area contributed by atoms with E-state index in [0.717, 1.165) is 31.8 Å². The van der Waals surface area contributed by atoms with Crippen LogP contribution in [-0.2, 0) is 24.4 Å². The van der Waals surface area contributed by atoms with Gasteiger partial charge in [0.1, 0.15) is 0 Å². The van der Waals surface area contributed by atoms with Crippen LogP contribution in [0.15, 0.2) is 42.6 Å². The molecule has 108 valence electrons. The second kappa shape index (κ2) is 7.85. The van der Waals surface area contributed by atoms with Crippen LogP contribution in [0.4, 0.5) is 0 Å². The Hall–Kier alpha value is -1.62. The molecule has 2 N–H and O–H groups in total. The molecule has 2 rings (SSSR count). The molecule has 0 radical (unpaired) electrons. The van der Waals surface area contributed by atoms with Crippen molar-refractivity contribution in [1.29, 1.82) is 0 Å². The minimum Gasteiger partial charge on any atom is -0.392 e. The predicted octanol–water partition coefficient (Wildman–Crippen LogP) is 1.76. The Morgan fingerprint density at radius 1 is 1.15 bits per heavy atom. The molecule has 1 aromatic carbocycles. The Kier molecular flexibility index (Phi) is 5.80. The number of rotatable bonds is 8. The molecule has 0 atom stereocenters. The largest absolute Gasteiger partial charge is 0.392 e. The first kappa shape index (κ1) is 14.8. The van der Waals surface area contributed by atoms with Crippen LogP contribution in [0.3, 0.4) is 0 Å². The van der Waals surface area contributed by atoms with Gasteiger partial charge < -0.3 is 19.7 Å². The quantitative estimate of drug-likeness (QED) is 0.721. The van der Waals surface area contributed by atoms with Crippen molar-refractivity contribution >= 4 is 0 Å². The summed E-state index contributed by atoms with van der Waals surface area (Å²) in [7, 11) is 1.71. The van der Waals surface area contributed by atoms with Crippen molar-refractivity contribution in [2.24, 2.45) is 0 Å². The van der Waals surface area contributed by atoms with E-state index in [0.29, 0.717) is 0 Å². The Balaban J connectivity index is 1.93. The second-order valence-corrected chi connectivity index (χ2v) is 4.77. The Morgan fingerprint density at radius 3 is 2.60 bits per heavy atom. The lowest BCUT2D eigenvalue weighted by Crippen LogP contribution is -2.20. The number of methoxy groups -OCH3 is 1. The molecule has 0 aliphatic heterocycles. The fraction of sp³-hybridized carbons (Fsp3) is 0.375. The summed E-state index contributed by atoms with van der Waals surface area (Å²) in [6.07, 6.45) is 2.09. The topological polar surface area (TPSA) is 46.4 Å². The van der Waals surface area contributed by atoms with Crippen LogP contribution in [-0.4, -0.2) is 29.9 Å². The number of aromatic nitrogens is 1. The molecule has 2 aromatic rings. The number of hydrogen-bond donors (Lipinski definition) is 2. The van der Waals surface area contributed by atoms with Gasteiger partial charge in [-0.05, 0) is 23.3 Å². The summed E-state index contributed by atoms with van der Waals surface area (Å²) in [6, 6.07) is 12.3. The van der Waals surface area contributed by atoms with E-state index in [9.17, 15) is 0 Å². The van der Waals surface area contributed by atoms with E-state index in [1.54, 1.807) is 7.11 Å². The summed E-state index contributed by atoms with van der Waals surface area (Å²) in [4.78, 5) is 0. The van der Waals surface area contributed by atoms with Crippen molar-refractivity contribution in [3.63, 3.8) is 0 Å². The van der Waals surface area contributed by atoms with Gasteiger partial charge in [-0.2, -0.15) is 0 Å². The second-order valence-electron chi connectivity index (χ2n) is 4.77. The summed E-state index contributed by atoms with van der Waals surface area (Å²) in [5.74, 6) is 0. The lowest BCUT2D eigenvalue weighted by molar-refractivity contribution is 0.199. The number of ether oxygens (including phenoxy) is 1. The molecule has 1 aromatic heterocycles. The van der Waals surface area contributed by atoms with E-state index >= 15 is 0 Å². The average molecular weight is 274 g/mol. The first-order valence-corrected chi connectivity index (χ1v) is 6.86. The molecule has 0 amide bonds. The van der Waals surface area contributed by atoms with E-state index in [-0.39, 0.29) is 6.61 Å². The van der Waals surface area contributed by atoms with Crippen LogP contribution in [0, 0.1) is 0 Å². The van der Waals surface area contributed by atoms with Crippen LogP contribution in [0.25, 0.3) is 0 Å². The minimum atomic E-state index is 0.0957. The summed E-state index contributed by atoms with van der Waals surface area (Å²) >= 11 is 0. The fourth-order valence-electron chi connectivity index (χ4n) is 2.10. The van der Waals surface area contributed by atoms with Gasteiger partial charge in [-0.15, -0.1) is 0 Å². The van der Waals surface area contributed by atoms with Gasteiger partial charge in [-0.1, -0.05) is 24.3 Å². The number of aliphatic hydroxyl groups excluding tert-OH is 1. The van der Waals surface area contributed by atoms with Crippen molar-refractivity contribution in [3.8, 4) is 0 Å². The molecule has 0 fully saturated rings. The van der Waals surface area contributed by atoms with Crippen molar-refractivity contribution in [3.05, 3.63) is 59.4 Å². The zero-order valence-electron chi connectivity index (χ0n) is 11.9. The van der Waals surface area contributed by atoms with Crippen LogP contribution < -0.4 is 5.32 Å². The fourth-order valence-corrected chi connectivity index (χ4v) is 2.10. The molecule has 0 aliphatic carbocycles. The molecule has 0 aliphatic rings. The standard InChI is InChI=1S/C16H22N2O2/c1-20-10-8-17-11-16-3-2-9-18(16)12-14-4-6-15(13-19)7-5-14/h2-7,9,17,19H,8,10-13H2,1H3. The maximum atomic E-state index is 9.05. The third kappa shape index (κ3) is 4.20. The van der Waals surface area contributed by atoms with Crippen molar-refractivity contribution < 1.29 is 9.84 Å². The van der Waals surface area contributed by atoms with Gasteiger partial charge in [-0.3, -0.25) is 0 Å². The van der Waals surface area contributed by atoms with Gasteiger partial charge in [0, 0.05) is 38.6 Å². The van der Waals surface area contributed by atoms with Crippen LogP contribution in [0.1, 0.15) is 16.8 Å². The highest BCUT2D eigenvalue weighted by Gasteiger charge is 2.02. The van der Waals surface area contributed by atoms with E-state index in [1.165, 1.54) is 11.3 Å². The third-order valence-corrected chi connectivity index (χ3v) is 3.27. The van der Waals surface area contributed by atoms with Crippen molar-refractivity contribution in [2.75, 3.05) is 20.3 Å². The van der Waals surface area contributed by atoms with Gasteiger partial charge in [0.05, 0.1) is 13.2 Å². The van der Waals surface area contributed by atoms with E-state index in [2.05, 4.69) is 40.3 Å². The smallest absolute Gasteiger partial charge is 0.0681 e. The maximum absolute atomic E-state index is 9.05. The number of nitrogens with one attached hydrogen (secondary N) is 1. The molecular weight excluding hydrogens is 252 g/mol. The average Bonchev–Trinajstić information content (AvgIpc) is 2.92. The highest BCUT2D eigenvalue weighted by Crippen LogP contribution is 2.09. The van der Waals surface area contributed by atoms with Crippen LogP contribution in [0.5, 0.6) is 0 Å². The number of benzene rings is 1. The Bertz CT molecular complexity index is 505. The molecule has 4 nitrogen and oxygen atoms in total. The normalized spacial score (nSPS) is 10.9. The van der Waals surface area contributed by atoms with Gasteiger partial charge in [0.25, 0.3) is 0 Å². The summed E-state index contributed by atoms with van der Waals surface area (Å²) in [6.45, 7) is 3.36. The zero-order chi connectivity index (χ0) is 14.2. The molecule has 0 saturated heterocycles. The maximum Gasteiger partial charge on any atom is 0.0681 e. The molecule has 4 heteroatoms. The molecule has 0 spiro atoms. The highest BCUT2D eigenvalue weighted by molar-refractivity contribution is 5.23. The van der Waals surface area contributed by atoms with Crippen LogP contribution in [0.2, 0.25) is 0 Å². The van der Waals surface area contributed by atoms with Crippen molar-refractivity contribution in [1.82, 2.24) is 9.88 Å². The first-order valence-electron chi connectivity index (χ1n) is 6.86. The Labute approximate surface area is 120 Å². The molecule has 0 unspecified atom stereocenters.